The molecule has 2 aromatic heterocycles. The topological polar surface area (TPSA) is 43.6 Å². The zero-order chi connectivity index (χ0) is 36.3. The lowest BCUT2D eigenvalue weighted by atomic mass is 9.93. The number of para-hydroxylation sites is 3. The molecule has 9 aromatic carbocycles. The summed E-state index contributed by atoms with van der Waals surface area (Å²) in [5.74, 6) is 1.87. The molecule has 0 spiro atoms. The molecule has 0 saturated heterocycles. The van der Waals surface area contributed by atoms with Gasteiger partial charge in [-0.1, -0.05) is 164 Å². The zero-order valence-electron chi connectivity index (χ0n) is 29.8. The van der Waals surface area contributed by atoms with Crippen LogP contribution < -0.4 is 0 Å². The van der Waals surface area contributed by atoms with E-state index in [1.54, 1.807) is 0 Å². The molecule has 4 nitrogen and oxygen atoms in total. The molecule has 0 bridgehead atoms. The summed E-state index contributed by atoms with van der Waals surface area (Å²) in [6.45, 7) is 0. The Morgan fingerprint density at radius 3 is 1.58 bits per heavy atom. The third-order valence-electron chi connectivity index (χ3n) is 10.8. The van der Waals surface area contributed by atoms with E-state index in [0.29, 0.717) is 17.5 Å². The minimum Gasteiger partial charge on any atom is -0.309 e. The first-order chi connectivity index (χ1) is 27.3. The summed E-state index contributed by atoms with van der Waals surface area (Å²) in [7, 11) is 0. The van der Waals surface area contributed by atoms with Gasteiger partial charge in [0, 0.05) is 27.5 Å². The van der Waals surface area contributed by atoms with Gasteiger partial charge < -0.3 is 4.57 Å². The number of nitrogens with zero attached hydrogens (tertiary/aromatic N) is 4. The van der Waals surface area contributed by atoms with Crippen LogP contribution in [0.25, 0.3) is 105 Å². The second-order valence-electron chi connectivity index (χ2n) is 14.0. The van der Waals surface area contributed by atoms with E-state index in [0.717, 1.165) is 60.7 Å². The maximum atomic E-state index is 5.48. The molecule has 0 radical (unpaired) electrons. The Hall–Kier alpha value is -7.43. The number of hydrogen-bond donors (Lipinski definition) is 0. The van der Waals surface area contributed by atoms with Crippen LogP contribution in [0.3, 0.4) is 0 Å². The number of fused-ring (bicyclic) bond motifs is 7. The van der Waals surface area contributed by atoms with Crippen LogP contribution in [0.5, 0.6) is 0 Å². The number of hydrogen-bond acceptors (Lipinski definition) is 3. The molecule has 55 heavy (non-hydrogen) atoms. The Labute approximate surface area is 317 Å². The lowest BCUT2D eigenvalue weighted by Crippen LogP contribution is -2.04. The van der Waals surface area contributed by atoms with Crippen LogP contribution in [-0.2, 0) is 0 Å². The Kier molecular flexibility index (Phi) is 7.14. The second kappa shape index (κ2) is 12.6. The molecule has 0 atom stereocenters. The van der Waals surface area contributed by atoms with Gasteiger partial charge in [0.1, 0.15) is 0 Å². The largest absolute Gasteiger partial charge is 0.309 e. The quantitative estimate of drug-likeness (QED) is 0.133. The third-order valence-corrected chi connectivity index (χ3v) is 10.8. The smallest absolute Gasteiger partial charge is 0.166 e. The third kappa shape index (κ3) is 5.03. The van der Waals surface area contributed by atoms with Crippen molar-refractivity contribution in [3.05, 3.63) is 194 Å². The maximum Gasteiger partial charge on any atom is 0.166 e. The summed E-state index contributed by atoms with van der Waals surface area (Å²) in [5, 5.41) is 9.32. The van der Waals surface area contributed by atoms with Gasteiger partial charge in [-0.3, -0.25) is 0 Å². The highest BCUT2D eigenvalue weighted by Crippen LogP contribution is 2.41. The lowest BCUT2D eigenvalue weighted by Gasteiger charge is -2.17. The van der Waals surface area contributed by atoms with Gasteiger partial charge in [-0.05, 0) is 73.8 Å². The van der Waals surface area contributed by atoms with Crippen molar-refractivity contribution < 1.29 is 0 Å². The molecule has 0 saturated carbocycles. The summed E-state index contributed by atoms with van der Waals surface area (Å²) >= 11 is 0. The number of aromatic nitrogens is 4. The molecule has 0 fully saturated rings. The number of rotatable bonds is 5. The molecule has 0 N–H and O–H groups in total. The Morgan fingerprint density at radius 2 is 0.836 bits per heavy atom. The minimum absolute atomic E-state index is 0.613. The Bertz CT molecular complexity index is 3220. The summed E-state index contributed by atoms with van der Waals surface area (Å²) in [6.07, 6.45) is 0. The highest BCUT2D eigenvalue weighted by Gasteiger charge is 2.22. The van der Waals surface area contributed by atoms with E-state index in [1.165, 1.54) is 26.9 Å². The van der Waals surface area contributed by atoms with Crippen LogP contribution >= 0.6 is 0 Å². The van der Waals surface area contributed by atoms with E-state index in [1.807, 2.05) is 6.07 Å². The monoisotopic (exact) mass is 700 g/mol. The van der Waals surface area contributed by atoms with E-state index >= 15 is 0 Å². The molecule has 256 valence electrons. The van der Waals surface area contributed by atoms with Crippen molar-refractivity contribution in [2.24, 2.45) is 0 Å². The molecule has 0 aliphatic heterocycles. The van der Waals surface area contributed by atoms with Crippen LogP contribution in [0.2, 0.25) is 0 Å². The first-order valence-electron chi connectivity index (χ1n) is 18.6. The van der Waals surface area contributed by atoms with Crippen molar-refractivity contribution in [3.8, 4) is 51.0 Å². The minimum atomic E-state index is 0.613. The van der Waals surface area contributed by atoms with E-state index in [9.17, 15) is 0 Å². The molecule has 11 rings (SSSR count). The van der Waals surface area contributed by atoms with Crippen molar-refractivity contribution in [1.82, 2.24) is 19.5 Å². The summed E-state index contributed by atoms with van der Waals surface area (Å²) in [4.78, 5) is 16.3. The molecular weight excluding hydrogens is 669 g/mol. The fourth-order valence-electron chi connectivity index (χ4n) is 8.38. The molecular formula is C51H32N4. The van der Waals surface area contributed by atoms with Crippen LogP contribution in [0.15, 0.2) is 194 Å². The van der Waals surface area contributed by atoms with Crippen LogP contribution in [-0.4, -0.2) is 19.5 Å². The maximum absolute atomic E-state index is 5.48. The van der Waals surface area contributed by atoms with Gasteiger partial charge in [0.05, 0.1) is 16.7 Å². The first kappa shape index (κ1) is 31.1. The molecule has 0 unspecified atom stereocenters. The van der Waals surface area contributed by atoms with E-state index in [4.69, 9.17) is 15.0 Å². The highest BCUT2D eigenvalue weighted by atomic mass is 15.1. The SMILES string of the molecule is c1ccc(-c2ccccc2-c2nc(-c3ccccc3-n3c4ccccc4c4ccccc43)nc(-c3c4ccccc4cc4c3ccc3ccccc34)n2)cc1. The Morgan fingerprint density at radius 1 is 0.309 bits per heavy atom. The van der Waals surface area contributed by atoms with Gasteiger partial charge in [0.15, 0.2) is 17.5 Å². The molecule has 0 aliphatic carbocycles. The molecule has 11 aromatic rings. The van der Waals surface area contributed by atoms with E-state index in [-0.39, 0.29) is 0 Å². The predicted octanol–water partition coefficient (Wildman–Crippen LogP) is 13.1. The van der Waals surface area contributed by atoms with E-state index < -0.39 is 0 Å². The summed E-state index contributed by atoms with van der Waals surface area (Å²) in [5.41, 5.74) is 8.31. The van der Waals surface area contributed by atoms with Crippen molar-refractivity contribution in [2.75, 3.05) is 0 Å². The number of benzene rings is 9. The van der Waals surface area contributed by atoms with Gasteiger partial charge in [0.25, 0.3) is 0 Å². The Balaban J connectivity index is 1.25. The van der Waals surface area contributed by atoms with Gasteiger partial charge >= 0.3 is 0 Å². The van der Waals surface area contributed by atoms with Gasteiger partial charge in [-0.2, -0.15) is 0 Å². The van der Waals surface area contributed by atoms with Crippen molar-refractivity contribution in [3.63, 3.8) is 0 Å². The van der Waals surface area contributed by atoms with Crippen molar-refractivity contribution in [1.29, 1.82) is 0 Å². The van der Waals surface area contributed by atoms with Crippen LogP contribution in [0.4, 0.5) is 0 Å². The fraction of sp³-hybridized carbons (Fsp3) is 0. The molecule has 0 amide bonds. The highest BCUT2D eigenvalue weighted by molar-refractivity contribution is 6.19. The molecule has 2 heterocycles. The first-order valence-corrected chi connectivity index (χ1v) is 18.6. The van der Waals surface area contributed by atoms with Crippen molar-refractivity contribution in [2.45, 2.75) is 0 Å². The average Bonchev–Trinajstić information content (AvgIpc) is 3.60. The summed E-state index contributed by atoms with van der Waals surface area (Å²) in [6, 6.07) is 68.5. The van der Waals surface area contributed by atoms with Crippen LogP contribution in [0.1, 0.15) is 0 Å². The van der Waals surface area contributed by atoms with E-state index in [2.05, 4.69) is 193 Å². The van der Waals surface area contributed by atoms with Gasteiger partial charge in [0.2, 0.25) is 0 Å². The normalized spacial score (nSPS) is 11.6. The van der Waals surface area contributed by atoms with Crippen molar-refractivity contribution >= 4 is 54.1 Å². The molecule has 4 heteroatoms. The zero-order valence-corrected chi connectivity index (χ0v) is 29.8. The van der Waals surface area contributed by atoms with Gasteiger partial charge in [-0.15, -0.1) is 0 Å². The fourth-order valence-corrected chi connectivity index (χ4v) is 8.38. The lowest BCUT2D eigenvalue weighted by molar-refractivity contribution is 1.07. The standard InChI is InChI=1S/C51H32N4/c1-2-16-33(17-3-1)36-20-8-9-25-42(36)49-52-50(43-26-12-15-29-47(43)55-45-27-13-10-23-39(45)40-24-11-14-28-46(40)55)54-51(53-49)48-38-22-7-5-19-35(38)32-44-37-21-6-4-18-34(37)30-31-41(44)48/h1-32H. The predicted molar refractivity (Wildman–Crippen MR) is 228 cm³/mol. The molecule has 0 aliphatic rings. The van der Waals surface area contributed by atoms with Crippen LogP contribution in [0, 0.1) is 0 Å². The second-order valence-corrected chi connectivity index (χ2v) is 14.0. The summed E-state index contributed by atoms with van der Waals surface area (Å²) < 4.78 is 2.35. The average molecular weight is 701 g/mol. The van der Waals surface area contributed by atoms with Gasteiger partial charge in [-0.25, -0.2) is 15.0 Å².